The summed E-state index contributed by atoms with van der Waals surface area (Å²) in [7, 11) is -1.96. The second-order valence-electron chi connectivity index (χ2n) is 20.5. The van der Waals surface area contributed by atoms with Gasteiger partial charge in [-0.3, -0.25) is 27.8 Å². The van der Waals surface area contributed by atoms with Crippen LogP contribution in [0.3, 0.4) is 0 Å². The molecular weight excluding hydrogens is 1180 g/mol. The topological polar surface area (TPSA) is 239 Å². The van der Waals surface area contributed by atoms with Crippen molar-refractivity contribution >= 4 is 76.7 Å². The average Bonchev–Trinajstić information content (AvgIpc) is 1.81. The molecule has 4 aromatic heterocycles. The van der Waals surface area contributed by atoms with Gasteiger partial charge in [0.2, 0.25) is 20.0 Å². The molecule has 0 aliphatic heterocycles. The molecule has 0 radical (unpaired) electrons. The Labute approximate surface area is 504 Å². The van der Waals surface area contributed by atoms with Crippen LogP contribution < -0.4 is 19.2 Å². The van der Waals surface area contributed by atoms with Crippen LogP contribution in [0.4, 0.5) is 28.9 Å². The van der Waals surface area contributed by atoms with Gasteiger partial charge in [-0.2, -0.15) is 0 Å². The third-order valence-corrected chi connectivity index (χ3v) is 16.9. The molecule has 0 bridgehead atoms. The minimum Gasteiger partial charge on any atom is -0.506 e. The lowest BCUT2D eigenvalue weighted by Crippen LogP contribution is -2.25. The average molecular weight is 1240 g/mol. The van der Waals surface area contributed by atoms with Crippen molar-refractivity contribution in [2.75, 3.05) is 49.3 Å². The van der Waals surface area contributed by atoms with Crippen molar-refractivity contribution in [1.82, 2.24) is 20.6 Å². The van der Waals surface area contributed by atoms with Gasteiger partial charge < -0.3 is 24.6 Å². The van der Waals surface area contributed by atoms with E-state index in [1.807, 2.05) is 0 Å². The van der Waals surface area contributed by atoms with Crippen molar-refractivity contribution < 1.29 is 68.9 Å². The summed E-state index contributed by atoms with van der Waals surface area (Å²) < 4.78 is 119. The Bertz CT molecular complexity index is 4310. The zero-order valence-electron chi connectivity index (χ0n) is 48.3. The van der Waals surface area contributed by atoms with Gasteiger partial charge in [0.05, 0.1) is 46.4 Å². The van der Waals surface area contributed by atoms with Crippen LogP contribution in [0.2, 0.25) is 0 Å². The minimum atomic E-state index is -3.81. The Hall–Kier alpha value is -10.0. The highest BCUT2D eigenvalue weighted by Crippen LogP contribution is 2.43. The number of pyridine rings is 2. The van der Waals surface area contributed by atoms with E-state index in [4.69, 9.17) is 8.83 Å². The molecule has 17 nitrogen and oxygen atoms in total. The Morgan fingerprint density at radius 1 is 0.523 bits per heavy atom. The van der Waals surface area contributed by atoms with Crippen LogP contribution in [0, 0.1) is 30.2 Å². The summed E-state index contributed by atoms with van der Waals surface area (Å²) >= 11 is 0. The monoisotopic (exact) mass is 1240 g/mol. The van der Waals surface area contributed by atoms with E-state index in [0.717, 1.165) is 32.2 Å². The molecule has 88 heavy (non-hydrogen) atoms. The van der Waals surface area contributed by atoms with E-state index in [1.54, 1.807) is 49.4 Å². The summed E-state index contributed by atoms with van der Waals surface area (Å²) in [6.07, 6.45) is 2.81. The summed E-state index contributed by atoms with van der Waals surface area (Å²) in [5.74, 6) is -3.45. The fourth-order valence-corrected chi connectivity index (χ4v) is 10.7. The number of hydrogen-bond acceptors (Lipinski definition) is 13. The Kier molecular flexibility index (Phi) is 18.1. The van der Waals surface area contributed by atoms with Crippen molar-refractivity contribution in [2.45, 2.75) is 32.6 Å². The number of aromatic hydroxyl groups is 1. The number of amides is 2. The number of aryl methyl sites for hydroxylation is 3. The number of anilines is 2. The number of carbonyl (C=O) groups is 4. The minimum absolute atomic E-state index is 0. The molecule has 4 heterocycles. The SMILES string of the molecule is CNC(=O)c1c(-c2ccc(F)cc2)oc2cc(N(C)S(C)(=O)=O)c(-c3ccc(C)c(C(=O)CCc4ccc(F)cc4)n3)cc12.CNC(=O)c1c(-c2ccc(F)cc2)oc2cc(N(C)S(C)(=O)=O)c(-c3ccc(O)c(C(=O)CCc4ccc(F)cc4)n3)cc12.[HH]. The number of nitrogens with one attached hydrogen (secondary N) is 2. The number of Topliss-reactive ketones (excluding diaryl/α,β-unsaturated/α-hetero) is 2. The first-order valence-electron chi connectivity index (χ1n) is 27.0. The van der Waals surface area contributed by atoms with Gasteiger partial charge >= 0.3 is 0 Å². The maximum absolute atomic E-state index is 13.7. The summed E-state index contributed by atoms with van der Waals surface area (Å²) in [5, 5.41) is 16.4. The number of furan rings is 2. The second kappa shape index (κ2) is 25.5. The lowest BCUT2D eigenvalue weighted by Gasteiger charge is -2.20. The zero-order chi connectivity index (χ0) is 63.5. The molecule has 2 amide bonds. The summed E-state index contributed by atoms with van der Waals surface area (Å²) in [5.41, 5.74) is 5.05. The third kappa shape index (κ3) is 13.5. The number of rotatable bonds is 18. The van der Waals surface area contributed by atoms with Gasteiger partial charge in [-0.05, 0) is 140 Å². The predicted molar refractivity (Wildman–Crippen MR) is 330 cm³/mol. The first kappa shape index (κ1) is 62.5. The standard InChI is InChI=1S/C33H29F2N3O5S.C32H27F2N3O6S.H2/c1-19-5-15-26(37-31(19)28(39)16-8-20-6-11-22(34)12-7-20)24-17-25-29(18-27(24)38(3)44(4,41)42)43-32(30(25)33(40)36-2)21-9-13-23(35)14-10-21;1-35-32(40)29-23-16-22(24-13-15-27(39)30(36-24)26(38)14-6-18-4-9-20(33)10-5-18)25(37(2)44(3,41)42)17-28(23)43-31(29)19-7-11-21(34)12-8-19;/h5-7,9-15,17-18H,8,16H2,1-4H3,(H,36,40);4-5,7-13,15-17,39H,6,14H2,1-3H3,(H,35,40);1H. The smallest absolute Gasteiger partial charge is 0.255 e. The fourth-order valence-electron chi connectivity index (χ4n) is 9.69. The molecule has 0 atom stereocenters. The Morgan fingerprint density at radius 3 is 1.25 bits per heavy atom. The maximum Gasteiger partial charge on any atom is 0.255 e. The fraction of sp³-hybridized carbons (Fsp3) is 0.169. The number of hydrogen-bond donors (Lipinski definition) is 3. The normalized spacial score (nSPS) is 11.5. The molecule has 0 spiro atoms. The van der Waals surface area contributed by atoms with Crippen molar-refractivity contribution in [3.8, 4) is 50.9 Å². The molecule has 0 saturated heterocycles. The third-order valence-electron chi connectivity index (χ3n) is 14.6. The van der Waals surface area contributed by atoms with Crippen LogP contribution >= 0.6 is 0 Å². The zero-order valence-corrected chi connectivity index (χ0v) is 50.0. The molecule has 10 rings (SSSR count). The van der Waals surface area contributed by atoms with Crippen LogP contribution in [-0.4, -0.2) is 96.0 Å². The first-order chi connectivity index (χ1) is 41.7. The van der Waals surface area contributed by atoms with E-state index in [9.17, 15) is 58.7 Å². The van der Waals surface area contributed by atoms with E-state index in [1.165, 1.54) is 131 Å². The Balaban J connectivity index is 0.000000228. The summed E-state index contributed by atoms with van der Waals surface area (Å²) in [4.78, 5) is 61.8. The maximum atomic E-state index is 13.7. The van der Waals surface area contributed by atoms with E-state index < -0.39 is 55.1 Å². The van der Waals surface area contributed by atoms with Crippen LogP contribution in [0.5, 0.6) is 5.75 Å². The number of aromatic nitrogens is 2. The van der Waals surface area contributed by atoms with Crippen molar-refractivity contribution in [1.29, 1.82) is 0 Å². The molecule has 6 aromatic carbocycles. The van der Waals surface area contributed by atoms with E-state index in [2.05, 4.69) is 20.6 Å². The molecular formula is C65H58F4N6O11S2. The van der Waals surface area contributed by atoms with Crippen LogP contribution in [-0.2, 0) is 32.9 Å². The summed E-state index contributed by atoms with van der Waals surface area (Å²) in [6, 6.07) is 34.6. The molecule has 0 saturated carbocycles. The lowest BCUT2D eigenvalue weighted by molar-refractivity contribution is 0.0956. The molecule has 454 valence electrons. The van der Waals surface area contributed by atoms with Gasteiger partial charge in [-0.1, -0.05) is 30.3 Å². The van der Waals surface area contributed by atoms with E-state index >= 15 is 0 Å². The van der Waals surface area contributed by atoms with Gasteiger partial charge in [0.25, 0.3) is 11.8 Å². The van der Waals surface area contributed by atoms with Gasteiger partial charge in [-0.15, -0.1) is 0 Å². The number of sulfonamides is 2. The number of benzene rings is 6. The van der Waals surface area contributed by atoms with Crippen LogP contribution in [0.1, 0.15) is 72.7 Å². The highest BCUT2D eigenvalue weighted by atomic mass is 32.2. The van der Waals surface area contributed by atoms with Crippen molar-refractivity contribution in [3.63, 3.8) is 0 Å². The Morgan fingerprint density at radius 2 is 0.875 bits per heavy atom. The van der Waals surface area contributed by atoms with Gasteiger partial charge in [0.1, 0.15) is 63.1 Å². The van der Waals surface area contributed by atoms with Crippen LogP contribution in [0.15, 0.2) is 154 Å². The highest BCUT2D eigenvalue weighted by molar-refractivity contribution is 7.92. The molecule has 10 aromatic rings. The van der Waals surface area contributed by atoms with Gasteiger partial charge in [-0.25, -0.2) is 44.4 Å². The molecule has 23 heteroatoms. The predicted octanol–water partition coefficient (Wildman–Crippen LogP) is 12.3. The van der Waals surface area contributed by atoms with E-state index in [-0.39, 0.29) is 106 Å². The largest absolute Gasteiger partial charge is 0.506 e. The number of halogens is 4. The molecule has 0 unspecified atom stereocenters. The summed E-state index contributed by atoms with van der Waals surface area (Å²) in [6.45, 7) is 1.75. The second-order valence-corrected chi connectivity index (χ2v) is 24.5. The van der Waals surface area contributed by atoms with E-state index in [0.29, 0.717) is 45.1 Å². The quantitative estimate of drug-likeness (QED) is 0.0536. The van der Waals surface area contributed by atoms with Gasteiger partial charge in [0, 0.05) is 87.6 Å². The highest BCUT2D eigenvalue weighted by Gasteiger charge is 2.30. The molecule has 0 aliphatic carbocycles. The molecule has 0 aliphatic rings. The number of fused-ring (bicyclic) bond motifs is 2. The van der Waals surface area contributed by atoms with Gasteiger partial charge in [0.15, 0.2) is 11.6 Å². The van der Waals surface area contributed by atoms with Crippen LogP contribution in [0.25, 0.3) is 67.1 Å². The first-order valence-corrected chi connectivity index (χ1v) is 30.7. The molecule has 3 N–H and O–H groups in total. The number of nitrogens with zero attached hydrogens (tertiary/aromatic N) is 4. The lowest BCUT2D eigenvalue weighted by atomic mass is 9.99. The number of ketones is 2. The number of carbonyl (C=O) groups excluding carboxylic acids is 4. The van der Waals surface area contributed by atoms with Crippen molar-refractivity contribution in [3.05, 3.63) is 208 Å². The van der Waals surface area contributed by atoms with Crippen molar-refractivity contribution in [2.24, 2.45) is 0 Å². The molecule has 0 fully saturated rings.